The maximum Gasteiger partial charge on any atom is 0.251 e. The SMILES string of the molecule is [3H][C@@H]1O[C@H](C(=O)NCC[C@@H]2C[C@H]([3H])O[C@@H]2COC)[C@H](OC)C1C. The highest BCUT2D eigenvalue weighted by Crippen LogP contribution is 2.25. The summed E-state index contributed by atoms with van der Waals surface area (Å²) in [5.41, 5.74) is 0. The fourth-order valence-corrected chi connectivity index (χ4v) is 2.88. The molecule has 2 heterocycles. The van der Waals surface area contributed by atoms with Gasteiger partial charge in [-0.3, -0.25) is 4.79 Å². The van der Waals surface area contributed by atoms with Crippen molar-refractivity contribution >= 4 is 5.91 Å². The van der Waals surface area contributed by atoms with Gasteiger partial charge in [-0.2, -0.15) is 0 Å². The van der Waals surface area contributed by atoms with Gasteiger partial charge in [-0.1, -0.05) is 6.92 Å². The van der Waals surface area contributed by atoms with Crippen molar-refractivity contribution < 1.29 is 26.5 Å². The molecule has 2 rings (SSSR count). The molecule has 0 aromatic rings. The van der Waals surface area contributed by atoms with E-state index in [2.05, 4.69) is 5.32 Å². The lowest BCUT2D eigenvalue weighted by Gasteiger charge is -2.20. The Balaban J connectivity index is 1.78. The average Bonchev–Trinajstić information content (AvgIpc) is 3.00. The summed E-state index contributed by atoms with van der Waals surface area (Å²) >= 11 is 0. The van der Waals surface area contributed by atoms with Gasteiger partial charge in [0.2, 0.25) is 0 Å². The summed E-state index contributed by atoms with van der Waals surface area (Å²) in [5, 5.41) is 2.85. The van der Waals surface area contributed by atoms with Crippen LogP contribution < -0.4 is 5.32 Å². The minimum Gasteiger partial charge on any atom is -0.382 e. The molecule has 2 saturated heterocycles. The molecule has 7 atom stereocenters. The van der Waals surface area contributed by atoms with Crippen LogP contribution in [0.1, 0.15) is 22.5 Å². The first-order valence-electron chi connectivity index (χ1n) is 8.58. The molecule has 2 fully saturated rings. The summed E-state index contributed by atoms with van der Waals surface area (Å²) in [6.45, 7) is 1.53. The zero-order valence-corrected chi connectivity index (χ0v) is 12.9. The van der Waals surface area contributed by atoms with E-state index in [0.717, 1.165) is 6.42 Å². The molecule has 0 aromatic carbocycles. The van der Waals surface area contributed by atoms with E-state index >= 15 is 0 Å². The molecule has 1 N–H and O–H groups in total. The lowest BCUT2D eigenvalue weighted by molar-refractivity contribution is -0.134. The van der Waals surface area contributed by atoms with Crippen molar-refractivity contribution in [2.24, 2.45) is 11.8 Å². The van der Waals surface area contributed by atoms with E-state index in [1.165, 1.54) is 7.11 Å². The van der Waals surface area contributed by atoms with Crippen molar-refractivity contribution in [1.82, 2.24) is 5.32 Å². The predicted molar refractivity (Wildman–Crippen MR) is 77.1 cm³/mol. The van der Waals surface area contributed by atoms with Gasteiger partial charge in [-0.15, -0.1) is 0 Å². The fourth-order valence-electron chi connectivity index (χ4n) is 2.88. The van der Waals surface area contributed by atoms with Crippen molar-refractivity contribution in [2.45, 2.75) is 38.1 Å². The van der Waals surface area contributed by atoms with Crippen LogP contribution in [0.25, 0.3) is 0 Å². The van der Waals surface area contributed by atoms with Crippen molar-refractivity contribution in [1.29, 1.82) is 0 Å². The number of hydrogen-bond donors (Lipinski definition) is 1. The van der Waals surface area contributed by atoms with Gasteiger partial charge < -0.3 is 24.3 Å². The van der Waals surface area contributed by atoms with Gasteiger partial charge in [0.05, 0.1) is 28.1 Å². The van der Waals surface area contributed by atoms with E-state index in [0.29, 0.717) is 19.6 Å². The molecule has 2 aliphatic heterocycles. The quantitative estimate of drug-likeness (QED) is 0.746. The number of ether oxygens (including phenoxy) is 4. The summed E-state index contributed by atoms with van der Waals surface area (Å²) in [7, 11) is 3.14. The molecule has 1 amide bonds. The lowest BCUT2D eigenvalue weighted by atomic mass is 9.98. The molecule has 2 aliphatic rings. The van der Waals surface area contributed by atoms with E-state index in [9.17, 15) is 4.79 Å². The second-order valence-corrected chi connectivity index (χ2v) is 5.62. The Morgan fingerprint density at radius 3 is 2.95 bits per heavy atom. The van der Waals surface area contributed by atoms with Gasteiger partial charge in [0.15, 0.2) is 6.10 Å². The van der Waals surface area contributed by atoms with Gasteiger partial charge in [0, 0.05) is 33.3 Å². The molecule has 6 nitrogen and oxygen atoms in total. The Morgan fingerprint density at radius 1 is 1.43 bits per heavy atom. The van der Waals surface area contributed by atoms with Crippen LogP contribution >= 0.6 is 0 Å². The third-order valence-electron chi connectivity index (χ3n) is 4.13. The van der Waals surface area contributed by atoms with Gasteiger partial charge in [-0.25, -0.2) is 0 Å². The molecule has 6 heteroatoms. The number of carbonyl (C=O) groups is 1. The minimum atomic E-state index is -0.742. The number of rotatable bonds is 7. The molecule has 0 bridgehead atoms. The average molecular weight is 305 g/mol. The highest BCUT2D eigenvalue weighted by Gasteiger charge is 2.39. The second kappa shape index (κ2) is 8.08. The first-order valence-corrected chi connectivity index (χ1v) is 7.42. The van der Waals surface area contributed by atoms with E-state index in [1.54, 1.807) is 7.11 Å². The number of methoxy groups -OCH3 is 2. The predicted octanol–water partition coefficient (Wildman–Crippen LogP) is 0.594. The lowest BCUT2D eigenvalue weighted by Crippen LogP contribution is -2.43. The molecule has 122 valence electrons. The van der Waals surface area contributed by atoms with Crippen molar-refractivity contribution in [3.63, 3.8) is 0 Å². The smallest absolute Gasteiger partial charge is 0.251 e. The van der Waals surface area contributed by atoms with Crippen LogP contribution in [0, 0.1) is 11.8 Å². The summed E-state index contributed by atoms with van der Waals surface area (Å²) in [6, 6.07) is 0. The van der Waals surface area contributed by atoms with Crippen LogP contribution in [0.5, 0.6) is 0 Å². The fraction of sp³-hybridized carbons (Fsp3) is 0.933. The van der Waals surface area contributed by atoms with Crippen molar-refractivity contribution in [3.8, 4) is 0 Å². The zero-order valence-electron chi connectivity index (χ0n) is 14.9. The third-order valence-corrected chi connectivity index (χ3v) is 4.13. The minimum absolute atomic E-state index is 0.0912. The number of carbonyl (C=O) groups excluding carboxylic acids is 1. The van der Waals surface area contributed by atoms with E-state index in [4.69, 9.17) is 21.7 Å². The summed E-state index contributed by atoms with van der Waals surface area (Å²) in [6.07, 6.45) is 0.143. The summed E-state index contributed by atoms with van der Waals surface area (Å²) in [5.74, 6) is -0.194. The van der Waals surface area contributed by atoms with Crippen molar-refractivity contribution in [2.75, 3.05) is 40.5 Å². The van der Waals surface area contributed by atoms with Crippen LogP contribution in [0.2, 0.25) is 0 Å². The van der Waals surface area contributed by atoms with Crippen LogP contribution in [0.4, 0.5) is 0 Å². The maximum atomic E-state index is 12.3. The van der Waals surface area contributed by atoms with E-state index in [-0.39, 0.29) is 23.8 Å². The number of hydrogen-bond acceptors (Lipinski definition) is 5. The van der Waals surface area contributed by atoms with E-state index < -0.39 is 25.4 Å². The topological polar surface area (TPSA) is 66.0 Å². The first-order chi connectivity index (χ1) is 11.0. The Kier molecular flexibility index (Phi) is 5.36. The molecule has 1 unspecified atom stereocenters. The molecular weight excluding hydrogens is 274 g/mol. The monoisotopic (exact) mass is 305 g/mol. The third kappa shape index (κ3) is 4.16. The molecule has 0 aromatic heterocycles. The van der Waals surface area contributed by atoms with Crippen molar-refractivity contribution in [3.05, 3.63) is 0 Å². The number of amides is 1. The second-order valence-electron chi connectivity index (χ2n) is 5.62. The molecule has 0 aliphatic carbocycles. The molecule has 0 saturated carbocycles. The normalized spacial score (nSPS) is 44.4. The highest BCUT2D eigenvalue weighted by molar-refractivity contribution is 5.81. The summed E-state index contributed by atoms with van der Waals surface area (Å²) < 4.78 is 36.8. The van der Waals surface area contributed by atoms with Crippen LogP contribution in [-0.2, 0) is 23.7 Å². The van der Waals surface area contributed by atoms with Crippen LogP contribution in [0.15, 0.2) is 0 Å². The first kappa shape index (κ1) is 13.9. The molecule has 21 heavy (non-hydrogen) atoms. The van der Waals surface area contributed by atoms with Crippen LogP contribution in [-0.4, -0.2) is 64.8 Å². The Labute approximate surface area is 129 Å². The molecular formula is C15H27NO5. The Hall–Kier alpha value is -0.690. The molecule has 0 radical (unpaired) electrons. The van der Waals surface area contributed by atoms with Crippen LogP contribution in [0.3, 0.4) is 0 Å². The highest BCUT2D eigenvalue weighted by atomic mass is 16.6. The largest absolute Gasteiger partial charge is 0.382 e. The van der Waals surface area contributed by atoms with Gasteiger partial charge in [-0.05, 0) is 18.8 Å². The maximum absolute atomic E-state index is 12.3. The zero-order chi connectivity index (χ0) is 17.0. The standard InChI is InChI=1S/C15H27NO5/c1-10-8-21-14(13(10)19-3)15(17)16-6-4-11-5-7-20-12(11)9-18-2/h10-14H,4-9H2,1-3H3,(H,16,17)/t10?,11-,12-,13-,14+/m1/s1/i7T,8T/t7-,8-,10?,11+,12+,13+,14-/m0. The number of nitrogens with one attached hydrogen (secondary N) is 1. The van der Waals surface area contributed by atoms with Gasteiger partial charge in [0.25, 0.3) is 5.91 Å². The summed E-state index contributed by atoms with van der Waals surface area (Å²) in [4.78, 5) is 12.3. The Bertz CT molecular complexity index is 400. The molecule has 0 spiro atoms. The Morgan fingerprint density at radius 2 is 2.24 bits per heavy atom. The van der Waals surface area contributed by atoms with Gasteiger partial charge >= 0.3 is 0 Å². The van der Waals surface area contributed by atoms with E-state index in [1.807, 2.05) is 6.92 Å². The van der Waals surface area contributed by atoms with Gasteiger partial charge in [0.1, 0.15) is 0 Å².